The van der Waals surface area contributed by atoms with Gasteiger partial charge in [0.15, 0.2) is 0 Å². The fraction of sp³-hybridized carbons (Fsp3) is 0.545. The highest BCUT2D eigenvalue weighted by Crippen LogP contribution is 2.38. The van der Waals surface area contributed by atoms with Crippen molar-refractivity contribution in [2.45, 2.75) is 52.0 Å². The summed E-state index contributed by atoms with van der Waals surface area (Å²) < 4.78 is 0. The molecule has 5 amide bonds. The van der Waals surface area contributed by atoms with Crippen LogP contribution in [-0.4, -0.2) is 58.7 Å². The molecule has 0 bridgehead atoms. The standard InChI is InChI=1S/C22H30N4O4/c1-4-25(5-2)19(28)16-9-11-17(12-10-16)23-18(27)14-26-20(29)22(24-21(26)30)13-7-6-8-15(22)3/h9-12,15H,4-8,13-14H2,1-3H3,(H,23,27)(H,24,30)/t15-,22-/m1/s1. The number of hydrogen-bond donors (Lipinski definition) is 2. The summed E-state index contributed by atoms with van der Waals surface area (Å²) in [6, 6.07) is 6.09. The summed E-state index contributed by atoms with van der Waals surface area (Å²) in [5.74, 6) is -0.785. The van der Waals surface area contributed by atoms with E-state index in [4.69, 9.17) is 0 Å². The molecule has 1 heterocycles. The number of carbonyl (C=O) groups excluding carboxylic acids is 4. The third-order valence-corrected chi connectivity index (χ3v) is 6.27. The van der Waals surface area contributed by atoms with Crippen molar-refractivity contribution in [3.8, 4) is 0 Å². The summed E-state index contributed by atoms with van der Waals surface area (Å²) in [4.78, 5) is 52.9. The maximum atomic E-state index is 13.0. The Morgan fingerprint density at radius 3 is 2.43 bits per heavy atom. The Labute approximate surface area is 177 Å². The fourth-order valence-electron chi connectivity index (χ4n) is 4.37. The number of urea groups is 1. The van der Waals surface area contributed by atoms with Gasteiger partial charge in [-0.25, -0.2) is 4.79 Å². The summed E-state index contributed by atoms with van der Waals surface area (Å²) in [5, 5.41) is 5.54. The van der Waals surface area contributed by atoms with Crippen LogP contribution in [0.5, 0.6) is 0 Å². The van der Waals surface area contributed by atoms with Crippen LogP contribution in [0.3, 0.4) is 0 Å². The quantitative estimate of drug-likeness (QED) is 0.699. The van der Waals surface area contributed by atoms with Gasteiger partial charge in [-0.2, -0.15) is 0 Å². The van der Waals surface area contributed by atoms with Gasteiger partial charge in [-0.15, -0.1) is 0 Å². The number of rotatable bonds is 6. The van der Waals surface area contributed by atoms with E-state index in [-0.39, 0.29) is 24.3 Å². The minimum absolute atomic E-state index is 0.0478. The highest BCUT2D eigenvalue weighted by Gasteiger charge is 2.55. The molecule has 2 atom stereocenters. The molecule has 1 aromatic carbocycles. The molecule has 8 heteroatoms. The largest absolute Gasteiger partial charge is 0.339 e. The molecular weight excluding hydrogens is 384 g/mol. The molecule has 1 aromatic rings. The van der Waals surface area contributed by atoms with Crippen LogP contribution in [0.4, 0.5) is 10.5 Å². The van der Waals surface area contributed by atoms with Gasteiger partial charge < -0.3 is 15.5 Å². The lowest BCUT2D eigenvalue weighted by Gasteiger charge is -2.36. The first kappa shape index (κ1) is 21.8. The number of carbonyl (C=O) groups is 4. The Morgan fingerprint density at radius 2 is 1.83 bits per heavy atom. The minimum atomic E-state index is -0.873. The van der Waals surface area contributed by atoms with Gasteiger partial charge in [0.05, 0.1) is 0 Å². The second kappa shape index (κ2) is 8.85. The predicted octanol–water partition coefficient (Wildman–Crippen LogP) is 2.61. The lowest BCUT2D eigenvalue weighted by Crippen LogP contribution is -2.54. The van der Waals surface area contributed by atoms with Crippen LogP contribution in [0.15, 0.2) is 24.3 Å². The van der Waals surface area contributed by atoms with Crippen LogP contribution in [0.25, 0.3) is 0 Å². The molecule has 1 saturated carbocycles. The Kier molecular flexibility index (Phi) is 6.43. The molecule has 2 N–H and O–H groups in total. The van der Waals surface area contributed by atoms with Crippen molar-refractivity contribution in [1.29, 1.82) is 0 Å². The first-order chi connectivity index (χ1) is 14.3. The second-order valence-electron chi connectivity index (χ2n) is 8.04. The van der Waals surface area contributed by atoms with Gasteiger partial charge in [0.1, 0.15) is 12.1 Å². The number of nitrogens with zero attached hydrogens (tertiary/aromatic N) is 2. The average molecular weight is 415 g/mol. The van der Waals surface area contributed by atoms with Crippen molar-refractivity contribution >= 4 is 29.4 Å². The van der Waals surface area contributed by atoms with E-state index in [1.54, 1.807) is 29.2 Å². The number of benzene rings is 1. The van der Waals surface area contributed by atoms with Gasteiger partial charge in [-0.05, 0) is 56.9 Å². The van der Waals surface area contributed by atoms with Crippen LogP contribution in [0.1, 0.15) is 56.8 Å². The maximum absolute atomic E-state index is 13.0. The van der Waals surface area contributed by atoms with E-state index in [9.17, 15) is 19.2 Å². The maximum Gasteiger partial charge on any atom is 0.325 e. The third-order valence-electron chi connectivity index (χ3n) is 6.27. The third kappa shape index (κ3) is 4.04. The summed E-state index contributed by atoms with van der Waals surface area (Å²) >= 11 is 0. The second-order valence-corrected chi connectivity index (χ2v) is 8.04. The van der Waals surface area contributed by atoms with Gasteiger partial charge in [-0.1, -0.05) is 19.8 Å². The highest BCUT2D eigenvalue weighted by atomic mass is 16.2. The normalized spacial score (nSPS) is 23.4. The van der Waals surface area contributed by atoms with Gasteiger partial charge in [-0.3, -0.25) is 19.3 Å². The zero-order valence-corrected chi connectivity index (χ0v) is 17.9. The van der Waals surface area contributed by atoms with E-state index in [1.807, 2.05) is 20.8 Å². The molecule has 0 aromatic heterocycles. The molecule has 0 radical (unpaired) electrons. The van der Waals surface area contributed by atoms with Crippen molar-refractivity contribution in [3.05, 3.63) is 29.8 Å². The van der Waals surface area contributed by atoms with Crippen molar-refractivity contribution in [2.24, 2.45) is 5.92 Å². The Balaban J connectivity index is 1.62. The van der Waals surface area contributed by atoms with Crippen LogP contribution in [-0.2, 0) is 9.59 Å². The van der Waals surface area contributed by atoms with Gasteiger partial charge in [0.2, 0.25) is 5.91 Å². The lowest BCUT2D eigenvalue weighted by molar-refractivity contribution is -0.136. The highest BCUT2D eigenvalue weighted by molar-refractivity contribution is 6.10. The smallest absolute Gasteiger partial charge is 0.325 e. The zero-order valence-electron chi connectivity index (χ0n) is 17.9. The molecule has 1 aliphatic heterocycles. The molecule has 30 heavy (non-hydrogen) atoms. The summed E-state index contributed by atoms with van der Waals surface area (Å²) in [6.07, 6.45) is 3.41. The van der Waals surface area contributed by atoms with Crippen LogP contribution in [0.2, 0.25) is 0 Å². The summed E-state index contributed by atoms with van der Waals surface area (Å²) in [6.45, 7) is 6.73. The SMILES string of the molecule is CCN(CC)C(=O)c1ccc(NC(=O)CN2C(=O)N[C@@]3(CCCC[C@H]3C)C2=O)cc1. The molecule has 1 spiro atoms. The fourth-order valence-corrected chi connectivity index (χ4v) is 4.37. The number of nitrogens with one attached hydrogen (secondary N) is 2. The van der Waals surface area contributed by atoms with Crippen molar-refractivity contribution in [3.63, 3.8) is 0 Å². The Hall–Kier alpha value is -2.90. The first-order valence-electron chi connectivity index (χ1n) is 10.7. The molecule has 0 unspecified atom stereocenters. The van der Waals surface area contributed by atoms with E-state index in [0.717, 1.165) is 24.2 Å². The number of imide groups is 1. The number of anilines is 1. The van der Waals surface area contributed by atoms with Crippen LogP contribution < -0.4 is 10.6 Å². The van der Waals surface area contributed by atoms with Crippen molar-refractivity contribution in [2.75, 3.05) is 25.0 Å². The van der Waals surface area contributed by atoms with E-state index in [2.05, 4.69) is 10.6 Å². The molecule has 1 aliphatic carbocycles. The monoisotopic (exact) mass is 414 g/mol. The van der Waals surface area contributed by atoms with Gasteiger partial charge in [0, 0.05) is 24.3 Å². The van der Waals surface area contributed by atoms with Crippen molar-refractivity contribution in [1.82, 2.24) is 15.1 Å². The Morgan fingerprint density at radius 1 is 1.17 bits per heavy atom. The molecule has 8 nitrogen and oxygen atoms in total. The topological polar surface area (TPSA) is 98.8 Å². The lowest BCUT2D eigenvalue weighted by atomic mass is 9.73. The van der Waals surface area contributed by atoms with E-state index < -0.39 is 17.5 Å². The van der Waals surface area contributed by atoms with Crippen LogP contribution in [0, 0.1) is 5.92 Å². The molecular formula is C22H30N4O4. The summed E-state index contributed by atoms with van der Waals surface area (Å²) in [7, 11) is 0. The van der Waals surface area contributed by atoms with E-state index >= 15 is 0 Å². The van der Waals surface area contributed by atoms with E-state index in [0.29, 0.717) is 30.8 Å². The number of hydrogen-bond acceptors (Lipinski definition) is 4. The average Bonchev–Trinajstić information content (AvgIpc) is 2.96. The van der Waals surface area contributed by atoms with Gasteiger partial charge >= 0.3 is 6.03 Å². The molecule has 3 rings (SSSR count). The predicted molar refractivity (Wildman–Crippen MR) is 113 cm³/mol. The molecule has 162 valence electrons. The van der Waals surface area contributed by atoms with Crippen LogP contribution >= 0.6 is 0 Å². The molecule has 2 fully saturated rings. The molecule has 1 saturated heterocycles. The van der Waals surface area contributed by atoms with Crippen molar-refractivity contribution < 1.29 is 19.2 Å². The molecule has 2 aliphatic rings. The Bertz CT molecular complexity index is 834. The zero-order chi connectivity index (χ0) is 21.9. The number of amides is 5. The van der Waals surface area contributed by atoms with Gasteiger partial charge in [0.25, 0.3) is 11.8 Å². The first-order valence-corrected chi connectivity index (χ1v) is 10.7. The summed E-state index contributed by atoms with van der Waals surface area (Å²) in [5.41, 5.74) is 0.171. The minimum Gasteiger partial charge on any atom is -0.339 e. The van der Waals surface area contributed by atoms with E-state index in [1.165, 1.54) is 0 Å².